The fourth-order valence-corrected chi connectivity index (χ4v) is 2.86. The fraction of sp³-hybridized carbons (Fsp3) is 0.263. The number of carbonyl (C=O) groups is 1. The zero-order chi connectivity index (χ0) is 19.2. The van der Waals surface area contributed by atoms with Gasteiger partial charge in [0.2, 0.25) is 0 Å². The number of nitriles is 1. The monoisotopic (exact) mass is 366 g/mol. The predicted octanol–water partition coefficient (Wildman–Crippen LogP) is 3.20. The van der Waals surface area contributed by atoms with Crippen molar-refractivity contribution in [3.63, 3.8) is 0 Å². The number of nitro benzene ring substituents is 1. The van der Waals surface area contributed by atoms with Crippen molar-refractivity contribution in [1.82, 2.24) is 0 Å². The maximum Gasteiger partial charge on any atom is 0.270 e. The molecular formula is C19H18N4O4. The summed E-state index contributed by atoms with van der Waals surface area (Å²) in [5, 5.41) is 26.0. The lowest BCUT2D eigenvalue weighted by Crippen LogP contribution is -2.26. The van der Waals surface area contributed by atoms with Gasteiger partial charge in [-0.3, -0.25) is 14.9 Å². The number of anilines is 2. The van der Waals surface area contributed by atoms with Gasteiger partial charge in [0.05, 0.1) is 16.2 Å². The van der Waals surface area contributed by atoms with E-state index in [1.54, 1.807) is 6.07 Å². The topological polar surface area (TPSA) is 117 Å². The van der Waals surface area contributed by atoms with Crippen LogP contribution >= 0.6 is 0 Å². The average molecular weight is 366 g/mol. The molecule has 0 spiro atoms. The number of nitrogens with one attached hydrogen (secondary N) is 2. The molecule has 2 aromatic rings. The molecule has 0 aliphatic carbocycles. The molecule has 1 aliphatic heterocycles. The van der Waals surface area contributed by atoms with E-state index >= 15 is 0 Å². The molecule has 0 bridgehead atoms. The molecule has 1 heterocycles. The number of amides is 1. The molecule has 1 atom stereocenters. The summed E-state index contributed by atoms with van der Waals surface area (Å²) >= 11 is 0. The van der Waals surface area contributed by atoms with E-state index in [1.807, 2.05) is 24.3 Å². The minimum Gasteiger partial charge on any atom is -0.380 e. The first-order chi connectivity index (χ1) is 13.1. The van der Waals surface area contributed by atoms with E-state index in [-0.39, 0.29) is 17.2 Å². The summed E-state index contributed by atoms with van der Waals surface area (Å²) in [5.41, 5.74) is 2.14. The largest absolute Gasteiger partial charge is 0.380 e. The predicted molar refractivity (Wildman–Crippen MR) is 99.2 cm³/mol. The number of non-ortho nitro benzene ring substituents is 1. The highest BCUT2D eigenvalue weighted by Gasteiger charge is 2.23. The normalized spacial score (nSPS) is 15.7. The summed E-state index contributed by atoms with van der Waals surface area (Å²) in [6.45, 7) is 1.01. The summed E-state index contributed by atoms with van der Waals surface area (Å²) in [6, 6.07) is 13.4. The summed E-state index contributed by atoms with van der Waals surface area (Å²) in [6.07, 6.45) is 1.22. The minimum absolute atomic E-state index is 0.129. The number of carbonyl (C=O) groups excluding carboxylic acids is 1. The second-order valence-electron chi connectivity index (χ2n) is 6.14. The van der Waals surface area contributed by atoms with Crippen LogP contribution in [0.1, 0.15) is 24.0 Å². The Morgan fingerprint density at radius 1 is 1.33 bits per heavy atom. The smallest absolute Gasteiger partial charge is 0.270 e. The zero-order valence-electron chi connectivity index (χ0n) is 14.5. The van der Waals surface area contributed by atoms with Gasteiger partial charge in [-0.1, -0.05) is 12.1 Å². The van der Waals surface area contributed by atoms with Gasteiger partial charge in [0.25, 0.3) is 11.6 Å². The molecule has 2 N–H and O–H groups in total. The molecule has 1 fully saturated rings. The molecule has 1 amide bonds. The number of benzene rings is 2. The Balaban J connectivity index is 1.65. The number of hydrogen-bond donors (Lipinski definition) is 2. The van der Waals surface area contributed by atoms with Crippen molar-refractivity contribution in [2.45, 2.75) is 25.5 Å². The number of nitro groups is 1. The van der Waals surface area contributed by atoms with Gasteiger partial charge < -0.3 is 15.4 Å². The Hall–Kier alpha value is -3.44. The van der Waals surface area contributed by atoms with Gasteiger partial charge >= 0.3 is 0 Å². The van der Waals surface area contributed by atoms with Crippen molar-refractivity contribution < 1.29 is 14.5 Å². The van der Waals surface area contributed by atoms with Crippen molar-refractivity contribution in [3.8, 4) is 6.07 Å². The fourth-order valence-electron chi connectivity index (χ4n) is 2.86. The van der Waals surface area contributed by atoms with E-state index < -0.39 is 11.0 Å². The molecule has 0 aromatic heterocycles. The summed E-state index contributed by atoms with van der Waals surface area (Å²) in [5.74, 6) is -0.153. The van der Waals surface area contributed by atoms with Crippen molar-refractivity contribution in [2.24, 2.45) is 0 Å². The Morgan fingerprint density at radius 3 is 2.89 bits per heavy atom. The first kappa shape index (κ1) is 18.4. The number of ether oxygens (including phenoxy) is 1. The maximum absolute atomic E-state index is 12.1. The van der Waals surface area contributed by atoms with Crippen LogP contribution in [0.3, 0.4) is 0 Å². The van der Waals surface area contributed by atoms with E-state index in [4.69, 9.17) is 4.74 Å². The third kappa shape index (κ3) is 4.59. The van der Waals surface area contributed by atoms with Crippen LogP contribution in [0.15, 0.2) is 42.5 Å². The van der Waals surface area contributed by atoms with E-state index in [9.17, 15) is 20.2 Å². The molecule has 2 aromatic carbocycles. The van der Waals surface area contributed by atoms with Gasteiger partial charge in [0, 0.05) is 31.0 Å². The Bertz CT molecular complexity index is 901. The Kier molecular flexibility index (Phi) is 5.64. The van der Waals surface area contributed by atoms with E-state index in [2.05, 4.69) is 10.6 Å². The van der Waals surface area contributed by atoms with Gasteiger partial charge in [-0.15, -0.1) is 0 Å². The first-order valence-electron chi connectivity index (χ1n) is 8.50. The van der Waals surface area contributed by atoms with E-state index in [0.717, 1.165) is 18.4 Å². The van der Waals surface area contributed by atoms with Gasteiger partial charge in [0.1, 0.15) is 12.2 Å². The quantitative estimate of drug-likeness (QED) is 0.599. The van der Waals surface area contributed by atoms with Crippen LogP contribution in [0.25, 0.3) is 0 Å². The number of rotatable bonds is 6. The molecular weight excluding hydrogens is 348 g/mol. The molecule has 3 rings (SSSR count). The molecule has 1 saturated heterocycles. The van der Waals surface area contributed by atoms with Gasteiger partial charge in [-0.05, 0) is 36.6 Å². The number of hydrogen-bond acceptors (Lipinski definition) is 6. The summed E-state index contributed by atoms with van der Waals surface area (Å²) in [4.78, 5) is 22.4. The molecule has 8 heteroatoms. The molecule has 138 valence electrons. The minimum atomic E-state index is -0.537. The summed E-state index contributed by atoms with van der Waals surface area (Å²) in [7, 11) is 0. The molecule has 0 unspecified atom stereocenters. The second kappa shape index (κ2) is 8.29. The highest BCUT2D eigenvalue weighted by Crippen LogP contribution is 2.22. The van der Waals surface area contributed by atoms with Crippen LogP contribution in [0.2, 0.25) is 0 Å². The van der Waals surface area contributed by atoms with Crippen molar-refractivity contribution in [1.29, 1.82) is 5.26 Å². The van der Waals surface area contributed by atoms with E-state index in [1.165, 1.54) is 18.2 Å². The Morgan fingerprint density at radius 2 is 2.19 bits per heavy atom. The van der Waals surface area contributed by atoms with Crippen molar-refractivity contribution >= 4 is 23.0 Å². The molecule has 0 radical (unpaired) electrons. The summed E-state index contributed by atoms with van der Waals surface area (Å²) < 4.78 is 5.37. The van der Waals surface area contributed by atoms with E-state index in [0.29, 0.717) is 24.5 Å². The highest BCUT2D eigenvalue weighted by atomic mass is 16.6. The lowest BCUT2D eigenvalue weighted by Gasteiger charge is -2.12. The highest BCUT2D eigenvalue weighted by molar-refractivity contribution is 5.94. The molecule has 0 saturated carbocycles. The third-order valence-electron chi connectivity index (χ3n) is 4.23. The van der Waals surface area contributed by atoms with Gasteiger partial charge in [-0.25, -0.2) is 0 Å². The van der Waals surface area contributed by atoms with Crippen LogP contribution in [-0.2, 0) is 16.1 Å². The van der Waals surface area contributed by atoms with Crippen LogP contribution in [-0.4, -0.2) is 23.5 Å². The average Bonchev–Trinajstić information content (AvgIpc) is 3.21. The van der Waals surface area contributed by atoms with Crippen LogP contribution < -0.4 is 10.6 Å². The van der Waals surface area contributed by atoms with Crippen molar-refractivity contribution in [2.75, 3.05) is 17.2 Å². The molecule has 1 aliphatic rings. The SMILES string of the molecule is N#Cc1cc([N+](=O)[O-])ccc1NCc1cccc(NC(=O)[C@@H]2CCCO2)c1. The first-order valence-corrected chi connectivity index (χ1v) is 8.50. The maximum atomic E-state index is 12.1. The van der Waals surface area contributed by atoms with Crippen LogP contribution in [0.4, 0.5) is 17.1 Å². The van der Waals surface area contributed by atoms with Crippen LogP contribution in [0, 0.1) is 21.4 Å². The van der Waals surface area contributed by atoms with Crippen molar-refractivity contribution in [3.05, 3.63) is 63.7 Å². The second-order valence-corrected chi connectivity index (χ2v) is 6.14. The molecule has 27 heavy (non-hydrogen) atoms. The Labute approximate surface area is 155 Å². The lowest BCUT2D eigenvalue weighted by atomic mass is 10.1. The van der Waals surface area contributed by atoms with Gasteiger partial charge in [0.15, 0.2) is 0 Å². The standard InChI is InChI=1S/C19H18N4O4/c20-11-14-10-16(23(25)26)6-7-17(14)21-12-13-3-1-4-15(9-13)22-19(24)18-5-2-8-27-18/h1,3-4,6-7,9-10,18,21H,2,5,8,12H2,(H,22,24)/t18-/m0/s1. The lowest BCUT2D eigenvalue weighted by molar-refractivity contribution is -0.384. The van der Waals surface area contributed by atoms with Crippen LogP contribution in [0.5, 0.6) is 0 Å². The zero-order valence-corrected chi connectivity index (χ0v) is 14.5. The molecule has 8 nitrogen and oxygen atoms in total. The van der Waals surface area contributed by atoms with Gasteiger partial charge in [-0.2, -0.15) is 5.26 Å². The third-order valence-corrected chi connectivity index (χ3v) is 4.23. The number of nitrogens with zero attached hydrogens (tertiary/aromatic N) is 2.